The van der Waals surface area contributed by atoms with Gasteiger partial charge in [0.2, 0.25) is 0 Å². The molecule has 0 N–H and O–H groups in total. The van der Waals surface area contributed by atoms with Gasteiger partial charge in [-0.15, -0.1) is 0 Å². The molecule has 1 unspecified atom stereocenters. The minimum atomic E-state index is -0.784. The van der Waals surface area contributed by atoms with E-state index < -0.39 is 6.10 Å². The van der Waals surface area contributed by atoms with Crippen molar-refractivity contribution in [1.82, 2.24) is 0 Å². The highest BCUT2D eigenvalue weighted by Crippen LogP contribution is 2.17. The summed E-state index contributed by atoms with van der Waals surface area (Å²) in [6.07, 6.45) is 93.0. The summed E-state index contributed by atoms with van der Waals surface area (Å²) in [7, 11) is 0. The molecule has 0 heterocycles. The van der Waals surface area contributed by atoms with Crippen molar-refractivity contribution in [2.24, 2.45) is 0 Å². The van der Waals surface area contributed by atoms with E-state index in [1.54, 1.807) is 0 Å². The molecule has 0 amide bonds. The molecule has 0 spiro atoms. The summed E-state index contributed by atoms with van der Waals surface area (Å²) >= 11 is 0. The second-order valence-electron chi connectivity index (χ2n) is 23.1. The summed E-state index contributed by atoms with van der Waals surface area (Å²) < 4.78 is 16.9. The van der Waals surface area contributed by atoms with Gasteiger partial charge in [-0.1, -0.05) is 298 Å². The van der Waals surface area contributed by atoms with E-state index in [-0.39, 0.29) is 31.1 Å². The molecule has 6 nitrogen and oxygen atoms in total. The smallest absolute Gasteiger partial charge is 0.306 e. The standard InChI is InChI=1S/C75H130O6/c1-4-7-10-13-16-19-22-25-27-28-29-30-31-32-33-34-35-36-37-38-39-40-41-42-43-44-45-46-48-50-53-56-59-62-65-68-74(77)80-71-72(70-79-73(76)67-64-61-58-55-52-49-24-21-18-15-12-9-6-3)81-75(78)69-66-63-60-57-54-51-47-26-23-20-17-14-11-8-5-2/h7,10,16,19,21,24-27,29-30,32-33,35-36,47,72H,4-6,8-9,11-15,17-18,20,22-23,28,31,34,37-46,48-71H2,1-3H3/b10-7-,19-16-,24-21-,27-25-,30-29-,33-32-,36-35-,47-26-. The van der Waals surface area contributed by atoms with E-state index in [4.69, 9.17) is 14.2 Å². The first kappa shape index (κ1) is 77.3. The number of unbranched alkanes of at least 4 members (excludes halogenated alkanes) is 36. The number of carbonyl (C=O) groups is 3. The average molecular weight is 1130 g/mol. The number of esters is 3. The van der Waals surface area contributed by atoms with Gasteiger partial charge in [0.15, 0.2) is 6.10 Å². The molecule has 0 radical (unpaired) electrons. The topological polar surface area (TPSA) is 78.9 Å². The van der Waals surface area contributed by atoms with Crippen molar-refractivity contribution in [1.29, 1.82) is 0 Å². The lowest BCUT2D eigenvalue weighted by Gasteiger charge is -2.18. The van der Waals surface area contributed by atoms with E-state index in [1.165, 1.54) is 186 Å². The third kappa shape index (κ3) is 67.0. The molecule has 0 saturated carbocycles. The molecule has 1 atom stereocenters. The lowest BCUT2D eigenvalue weighted by atomic mass is 10.0. The molecule has 466 valence electrons. The van der Waals surface area contributed by atoms with Crippen molar-refractivity contribution in [2.75, 3.05) is 13.2 Å². The van der Waals surface area contributed by atoms with Gasteiger partial charge in [0, 0.05) is 19.3 Å². The minimum Gasteiger partial charge on any atom is -0.462 e. The van der Waals surface area contributed by atoms with Crippen molar-refractivity contribution in [3.63, 3.8) is 0 Å². The SMILES string of the molecule is CC/C=C\C/C=C\C/C=C\C/C=C\C/C=C\C/C=C\CCCCCCCCCCCCCCCCCCC(=O)OCC(COC(=O)CCCCCCC/C=C\CCCCCC)OC(=O)CCCCCCC/C=C\CCCCCCCC. The highest BCUT2D eigenvalue weighted by molar-refractivity contribution is 5.71. The summed E-state index contributed by atoms with van der Waals surface area (Å²) in [6, 6.07) is 0. The second-order valence-corrected chi connectivity index (χ2v) is 23.1. The summed E-state index contributed by atoms with van der Waals surface area (Å²) in [4.78, 5) is 38.3. The number of carbonyl (C=O) groups excluding carboxylic acids is 3. The van der Waals surface area contributed by atoms with E-state index in [9.17, 15) is 14.4 Å². The van der Waals surface area contributed by atoms with E-state index in [1.807, 2.05) is 0 Å². The Labute approximate surface area is 502 Å². The normalized spacial score (nSPS) is 12.7. The summed E-state index contributed by atoms with van der Waals surface area (Å²) in [5.74, 6) is -0.883. The number of hydrogen-bond donors (Lipinski definition) is 0. The van der Waals surface area contributed by atoms with Crippen LogP contribution in [0.5, 0.6) is 0 Å². The lowest BCUT2D eigenvalue weighted by molar-refractivity contribution is -0.167. The largest absolute Gasteiger partial charge is 0.462 e. The summed E-state index contributed by atoms with van der Waals surface area (Å²) in [6.45, 7) is 6.52. The zero-order valence-electron chi connectivity index (χ0n) is 53.5. The van der Waals surface area contributed by atoms with Crippen LogP contribution in [-0.4, -0.2) is 37.2 Å². The fourth-order valence-corrected chi connectivity index (χ4v) is 9.85. The molecule has 6 heteroatoms. The van der Waals surface area contributed by atoms with Gasteiger partial charge in [0.05, 0.1) is 0 Å². The predicted molar refractivity (Wildman–Crippen MR) is 353 cm³/mol. The van der Waals surface area contributed by atoms with Crippen LogP contribution in [0.3, 0.4) is 0 Å². The van der Waals surface area contributed by atoms with Gasteiger partial charge in [-0.3, -0.25) is 14.4 Å². The number of rotatable bonds is 63. The number of allylic oxidation sites excluding steroid dienone is 16. The molecule has 0 saturated heterocycles. The van der Waals surface area contributed by atoms with Gasteiger partial charge in [-0.25, -0.2) is 0 Å². The van der Waals surface area contributed by atoms with Crippen LogP contribution in [0.1, 0.15) is 342 Å². The first-order chi connectivity index (χ1) is 40.0. The van der Waals surface area contributed by atoms with Gasteiger partial charge in [0.25, 0.3) is 0 Å². The zero-order valence-corrected chi connectivity index (χ0v) is 53.5. The number of hydrogen-bond acceptors (Lipinski definition) is 6. The first-order valence-electron chi connectivity index (χ1n) is 34.7. The van der Waals surface area contributed by atoms with Crippen LogP contribution < -0.4 is 0 Å². The Balaban J connectivity index is 4.14. The van der Waals surface area contributed by atoms with Crippen molar-refractivity contribution in [2.45, 2.75) is 348 Å². The Morgan fingerprint density at radius 1 is 0.259 bits per heavy atom. The van der Waals surface area contributed by atoms with Gasteiger partial charge in [0.1, 0.15) is 13.2 Å². The Bertz CT molecular complexity index is 1580. The van der Waals surface area contributed by atoms with Crippen molar-refractivity contribution < 1.29 is 28.6 Å². The highest BCUT2D eigenvalue weighted by Gasteiger charge is 2.19. The first-order valence-corrected chi connectivity index (χ1v) is 34.7. The van der Waals surface area contributed by atoms with E-state index in [0.717, 1.165) is 116 Å². The van der Waals surface area contributed by atoms with Crippen LogP contribution in [0.25, 0.3) is 0 Å². The van der Waals surface area contributed by atoms with Crippen LogP contribution in [0.15, 0.2) is 97.2 Å². The lowest BCUT2D eigenvalue weighted by Crippen LogP contribution is -2.30. The molecule has 0 bridgehead atoms. The molecule has 0 aliphatic rings. The van der Waals surface area contributed by atoms with Crippen LogP contribution in [0.2, 0.25) is 0 Å². The quantitative estimate of drug-likeness (QED) is 0.0261. The highest BCUT2D eigenvalue weighted by atomic mass is 16.6. The Hall–Kier alpha value is -3.67. The molecule has 0 aliphatic carbocycles. The van der Waals surface area contributed by atoms with E-state index >= 15 is 0 Å². The molecule has 81 heavy (non-hydrogen) atoms. The van der Waals surface area contributed by atoms with Crippen molar-refractivity contribution in [3.05, 3.63) is 97.2 Å². The van der Waals surface area contributed by atoms with Crippen LogP contribution in [-0.2, 0) is 28.6 Å². The van der Waals surface area contributed by atoms with E-state index in [2.05, 4.69) is 118 Å². The third-order valence-corrected chi connectivity index (χ3v) is 15.0. The van der Waals surface area contributed by atoms with Crippen molar-refractivity contribution >= 4 is 17.9 Å². The fraction of sp³-hybridized carbons (Fsp3) is 0.747. The van der Waals surface area contributed by atoms with Gasteiger partial charge >= 0.3 is 17.9 Å². The summed E-state index contributed by atoms with van der Waals surface area (Å²) in [5.41, 5.74) is 0. The molecule has 0 rings (SSSR count). The maximum atomic E-state index is 12.9. The monoisotopic (exact) mass is 1130 g/mol. The van der Waals surface area contributed by atoms with Crippen molar-refractivity contribution in [3.8, 4) is 0 Å². The third-order valence-electron chi connectivity index (χ3n) is 15.0. The molecular weight excluding hydrogens is 997 g/mol. The molecular formula is C75H130O6. The predicted octanol–water partition coefficient (Wildman–Crippen LogP) is 24.0. The van der Waals surface area contributed by atoms with Gasteiger partial charge in [-0.05, 0) is 122 Å². The molecule has 0 aromatic rings. The Kier molecular flexibility index (Phi) is 65.7. The summed E-state index contributed by atoms with van der Waals surface area (Å²) in [5, 5.41) is 0. The minimum absolute atomic E-state index is 0.0796. The van der Waals surface area contributed by atoms with Crippen LogP contribution in [0, 0.1) is 0 Å². The molecule has 0 aliphatic heterocycles. The second kappa shape index (κ2) is 68.8. The van der Waals surface area contributed by atoms with E-state index in [0.29, 0.717) is 19.3 Å². The fourth-order valence-electron chi connectivity index (χ4n) is 9.85. The van der Waals surface area contributed by atoms with Crippen LogP contribution >= 0.6 is 0 Å². The Morgan fingerprint density at radius 2 is 0.481 bits per heavy atom. The average Bonchev–Trinajstić information content (AvgIpc) is 3.46. The maximum Gasteiger partial charge on any atom is 0.306 e. The molecule has 0 fully saturated rings. The molecule has 0 aromatic carbocycles. The Morgan fingerprint density at radius 3 is 0.778 bits per heavy atom. The van der Waals surface area contributed by atoms with Gasteiger partial charge < -0.3 is 14.2 Å². The maximum absolute atomic E-state index is 12.9. The zero-order chi connectivity index (χ0) is 58.5. The number of ether oxygens (including phenoxy) is 3. The van der Waals surface area contributed by atoms with Gasteiger partial charge in [-0.2, -0.15) is 0 Å². The van der Waals surface area contributed by atoms with Crippen LogP contribution in [0.4, 0.5) is 0 Å². The molecule has 0 aromatic heterocycles.